The molecule has 1 atom stereocenters. The number of aryl methyl sites for hydroxylation is 1. The summed E-state index contributed by atoms with van der Waals surface area (Å²) in [6.07, 6.45) is 0.847. The van der Waals surface area contributed by atoms with Crippen LogP contribution in [0.4, 0.5) is 5.13 Å². The minimum absolute atomic E-state index is 0.386. The standard InChI is InChI=1S/C16H20ClN7O2S/c1-22(2)15(25)10-9-8-18-13(20-14(9)23(3)21-10)11-12(17)19-16(27-11)24-4-6-26-7-5-24/h8,15,25H,4-7H2,1-3H3. The van der Waals surface area contributed by atoms with Crippen LogP contribution in [-0.4, -0.2) is 75.1 Å². The van der Waals surface area contributed by atoms with E-state index in [4.69, 9.17) is 16.3 Å². The highest BCUT2D eigenvalue weighted by molar-refractivity contribution is 7.19. The number of aliphatic hydroxyl groups excluding tert-OH is 1. The van der Waals surface area contributed by atoms with E-state index in [1.54, 1.807) is 36.9 Å². The third-order valence-corrected chi connectivity index (χ3v) is 5.90. The third-order valence-electron chi connectivity index (χ3n) is 4.40. The van der Waals surface area contributed by atoms with Gasteiger partial charge >= 0.3 is 0 Å². The molecule has 3 aromatic rings. The zero-order valence-corrected chi connectivity index (χ0v) is 16.8. The van der Waals surface area contributed by atoms with Crippen molar-refractivity contribution in [3.63, 3.8) is 0 Å². The molecule has 0 bridgehead atoms. The number of aromatic nitrogens is 5. The molecule has 4 heterocycles. The first kappa shape index (κ1) is 18.5. The van der Waals surface area contributed by atoms with Crippen LogP contribution in [-0.2, 0) is 11.8 Å². The Hall–Kier alpha value is -1.85. The molecule has 1 saturated heterocycles. The van der Waals surface area contributed by atoms with E-state index in [1.165, 1.54) is 11.3 Å². The summed E-state index contributed by atoms with van der Waals surface area (Å²) in [4.78, 5) is 18.1. The monoisotopic (exact) mass is 409 g/mol. The van der Waals surface area contributed by atoms with Gasteiger partial charge in [-0.25, -0.2) is 19.6 Å². The SMILES string of the molecule is CN(C)C(O)c1nn(C)c2nc(-c3sc(N4CCOCC4)nc3Cl)ncc12. The van der Waals surface area contributed by atoms with E-state index < -0.39 is 6.23 Å². The largest absolute Gasteiger partial charge is 0.378 e. The maximum absolute atomic E-state index is 10.3. The summed E-state index contributed by atoms with van der Waals surface area (Å²) in [5.41, 5.74) is 1.15. The van der Waals surface area contributed by atoms with E-state index in [0.717, 1.165) is 23.1 Å². The van der Waals surface area contributed by atoms with Crippen LogP contribution in [0.5, 0.6) is 0 Å². The molecule has 1 N–H and O–H groups in total. The molecule has 3 aromatic heterocycles. The number of rotatable bonds is 4. The minimum atomic E-state index is -0.830. The van der Waals surface area contributed by atoms with Gasteiger partial charge in [0.25, 0.3) is 0 Å². The molecule has 0 saturated carbocycles. The van der Waals surface area contributed by atoms with E-state index >= 15 is 0 Å². The maximum Gasteiger partial charge on any atom is 0.187 e. The van der Waals surface area contributed by atoms with Gasteiger partial charge in [-0.3, -0.25) is 4.90 Å². The van der Waals surface area contributed by atoms with E-state index in [2.05, 4.69) is 25.0 Å². The van der Waals surface area contributed by atoms with Crippen molar-refractivity contribution in [3.05, 3.63) is 17.0 Å². The Morgan fingerprint density at radius 3 is 2.74 bits per heavy atom. The average molecular weight is 410 g/mol. The molecule has 144 valence electrons. The van der Waals surface area contributed by atoms with Crippen molar-refractivity contribution in [1.29, 1.82) is 0 Å². The fourth-order valence-electron chi connectivity index (χ4n) is 2.93. The van der Waals surface area contributed by atoms with Crippen molar-refractivity contribution in [2.24, 2.45) is 7.05 Å². The van der Waals surface area contributed by atoms with Crippen LogP contribution in [0, 0.1) is 0 Å². The van der Waals surface area contributed by atoms with E-state index in [9.17, 15) is 5.11 Å². The molecule has 1 aliphatic rings. The zero-order chi connectivity index (χ0) is 19.1. The number of halogens is 1. The van der Waals surface area contributed by atoms with Gasteiger partial charge in [0, 0.05) is 26.3 Å². The lowest BCUT2D eigenvalue weighted by Gasteiger charge is -2.25. The molecule has 0 radical (unpaired) electrons. The number of aliphatic hydroxyl groups is 1. The molecule has 9 nitrogen and oxygen atoms in total. The van der Waals surface area contributed by atoms with Gasteiger partial charge in [-0.2, -0.15) is 5.10 Å². The first-order chi connectivity index (χ1) is 13.0. The van der Waals surface area contributed by atoms with Gasteiger partial charge in [0.1, 0.15) is 10.6 Å². The highest BCUT2D eigenvalue weighted by Crippen LogP contribution is 2.37. The number of hydrogen-bond donors (Lipinski definition) is 1. The van der Waals surface area contributed by atoms with Crippen LogP contribution in [0.15, 0.2) is 6.20 Å². The zero-order valence-electron chi connectivity index (χ0n) is 15.3. The lowest BCUT2D eigenvalue weighted by Crippen LogP contribution is -2.36. The Bertz CT molecular complexity index is 967. The summed E-state index contributed by atoms with van der Waals surface area (Å²) in [5, 5.41) is 16.7. The predicted molar refractivity (Wildman–Crippen MR) is 104 cm³/mol. The van der Waals surface area contributed by atoms with Gasteiger partial charge in [0.2, 0.25) is 0 Å². The van der Waals surface area contributed by atoms with Crippen LogP contribution in [0.2, 0.25) is 5.15 Å². The molecule has 1 fully saturated rings. The Morgan fingerprint density at radius 2 is 2.04 bits per heavy atom. The molecule has 0 aliphatic carbocycles. The minimum Gasteiger partial charge on any atom is -0.378 e. The van der Waals surface area contributed by atoms with E-state index in [-0.39, 0.29) is 0 Å². The Morgan fingerprint density at radius 1 is 1.30 bits per heavy atom. The van der Waals surface area contributed by atoms with Gasteiger partial charge in [0.15, 0.2) is 28.0 Å². The van der Waals surface area contributed by atoms with Crippen LogP contribution >= 0.6 is 22.9 Å². The van der Waals surface area contributed by atoms with Crippen LogP contribution < -0.4 is 4.90 Å². The average Bonchev–Trinajstić information content (AvgIpc) is 3.22. The number of thiazole rings is 1. The van der Waals surface area contributed by atoms with Gasteiger partial charge in [0.05, 0.1) is 18.6 Å². The van der Waals surface area contributed by atoms with Crippen molar-refractivity contribution in [3.8, 4) is 10.7 Å². The summed E-state index contributed by atoms with van der Waals surface area (Å²) in [5.74, 6) is 0.499. The lowest BCUT2D eigenvalue weighted by molar-refractivity contribution is 0.0365. The summed E-state index contributed by atoms with van der Waals surface area (Å²) < 4.78 is 7.03. The molecular formula is C16H20ClN7O2S. The summed E-state index contributed by atoms with van der Waals surface area (Å²) in [6.45, 7) is 2.94. The Labute approximate surface area is 165 Å². The molecule has 1 unspecified atom stereocenters. The summed E-state index contributed by atoms with van der Waals surface area (Å²) in [7, 11) is 5.35. The summed E-state index contributed by atoms with van der Waals surface area (Å²) >= 11 is 7.85. The van der Waals surface area contributed by atoms with Crippen LogP contribution in [0.3, 0.4) is 0 Å². The second-order valence-corrected chi connectivity index (χ2v) is 7.83. The van der Waals surface area contributed by atoms with Gasteiger partial charge < -0.3 is 14.7 Å². The Kier molecular flexibility index (Phi) is 4.99. The molecule has 1 aliphatic heterocycles. The second kappa shape index (κ2) is 7.28. The summed E-state index contributed by atoms with van der Waals surface area (Å²) in [6, 6.07) is 0. The second-order valence-electron chi connectivity index (χ2n) is 6.49. The van der Waals surface area contributed by atoms with Crippen LogP contribution in [0.1, 0.15) is 11.9 Å². The molecule has 11 heteroatoms. The molecular weight excluding hydrogens is 390 g/mol. The Balaban J connectivity index is 1.72. The van der Waals surface area contributed by atoms with Crippen molar-refractivity contribution >= 4 is 39.1 Å². The smallest absolute Gasteiger partial charge is 0.187 e. The van der Waals surface area contributed by atoms with Gasteiger partial charge in [-0.05, 0) is 14.1 Å². The number of morpholine rings is 1. The highest BCUT2D eigenvalue weighted by atomic mass is 35.5. The quantitative estimate of drug-likeness (QED) is 0.648. The number of hydrogen-bond acceptors (Lipinski definition) is 9. The lowest BCUT2D eigenvalue weighted by atomic mass is 10.2. The number of ether oxygens (including phenoxy) is 1. The first-order valence-corrected chi connectivity index (χ1v) is 9.68. The molecule has 0 spiro atoms. The topological polar surface area (TPSA) is 92.4 Å². The third kappa shape index (κ3) is 3.39. The molecule has 27 heavy (non-hydrogen) atoms. The predicted octanol–water partition coefficient (Wildman–Crippen LogP) is 1.53. The fourth-order valence-corrected chi connectivity index (χ4v) is 4.21. The molecule has 0 amide bonds. The van der Waals surface area contributed by atoms with Crippen molar-refractivity contribution in [2.45, 2.75) is 6.23 Å². The number of fused-ring (bicyclic) bond motifs is 1. The van der Waals surface area contributed by atoms with Gasteiger partial charge in [-0.1, -0.05) is 22.9 Å². The first-order valence-electron chi connectivity index (χ1n) is 8.49. The normalized spacial score (nSPS) is 16.4. The number of nitrogens with zero attached hydrogens (tertiary/aromatic N) is 7. The van der Waals surface area contributed by atoms with E-state index in [1.807, 2.05) is 0 Å². The van der Waals surface area contributed by atoms with Crippen molar-refractivity contribution in [2.75, 3.05) is 45.3 Å². The molecule has 0 aromatic carbocycles. The maximum atomic E-state index is 10.3. The highest BCUT2D eigenvalue weighted by Gasteiger charge is 2.23. The molecule has 4 rings (SSSR count). The van der Waals surface area contributed by atoms with Gasteiger partial charge in [-0.15, -0.1) is 0 Å². The number of anilines is 1. The van der Waals surface area contributed by atoms with Crippen molar-refractivity contribution < 1.29 is 9.84 Å². The fraction of sp³-hybridized carbons (Fsp3) is 0.500. The van der Waals surface area contributed by atoms with E-state index in [0.29, 0.717) is 40.9 Å². The van der Waals surface area contributed by atoms with Crippen LogP contribution in [0.25, 0.3) is 21.7 Å². The van der Waals surface area contributed by atoms with Crippen molar-refractivity contribution in [1.82, 2.24) is 29.6 Å².